The minimum absolute atomic E-state index is 0. The number of guanidine groups is 1. The molecular weight excluding hydrogens is 490 g/mol. The molecule has 8 nitrogen and oxygen atoms in total. The Morgan fingerprint density at radius 3 is 2.19 bits per heavy atom. The maximum absolute atomic E-state index is 13.2. The summed E-state index contributed by atoms with van der Waals surface area (Å²) in [6.45, 7) is 0.0961. The van der Waals surface area contributed by atoms with Gasteiger partial charge < -0.3 is 26.8 Å². The Balaban J connectivity index is 0.00000380. The van der Waals surface area contributed by atoms with E-state index in [1.807, 2.05) is 72.8 Å². The second kappa shape index (κ2) is 12.9. The molecule has 2 amide bonds. The van der Waals surface area contributed by atoms with Gasteiger partial charge in [0.2, 0.25) is 5.91 Å². The van der Waals surface area contributed by atoms with E-state index in [-0.39, 0.29) is 37.3 Å². The van der Waals surface area contributed by atoms with Crippen molar-refractivity contribution in [3.8, 4) is 0 Å². The highest BCUT2D eigenvalue weighted by Gasteiger charge is 2.22. The fourth-order valence-electron chi connectivity index (χ4n) is 3.70. The number of alkyl carbamates (subject to hydrolysis) is 1. The van der Waals surface area contributed by atoms with Gasteiger partial charge >= 0.3 is 6.09 Å². The maximum Gasteiger partial charge on any atom is 0.408 e. The molecule has 0 aromatic heterocycles. The van der Waals surface area contributed by atoms with E-state index in [0.29, 0.717) is 11.4 Å². The van der Waals surface area contributed by atoms with Crippen LogP contribution in [0.25, 0.3) is 10.8 Å². The molecular formula is C28H28ClN5O3. The van der Waals surface area contributed by atoms with Crippen molar-refractivity contribution in [3.05, 3.63) is 108 Å². The first-order valence-electron chi connectivity index (χ1n) is 11.4. The van der Waals surface area contributed by atoms with Gasteiger partial charge in [0, 0.05) is 12.1 Å². The number of rotatable bonds is 8. The smallest absolute Gasteiger partial charge is 0.408 e. The van der Waals surface area contributed by atoms with Gasteiger partial charge in [0.05, 0.1) is 5.69 Å². The van der Waals surface area contributed by atoms with Crippen LogP contribution >= 0.6 is 12.4 Å². The molecule has 6 N–H and O–H groups in total. The van der Waals surface area contributed by atoms with Crippen LogP contribution in [0.5, 0.6) is 0 Å². The number of anilines is 1. The Morgan fingerprint density at radius 2 is 1.49 bits per heavy atom. The summed E-state index contributed by atoms with van der Waals surface area (Å²) >= 11 is 0. The fraction of sp³-hybridized carbons (Fsp3) is 0.107. The van der Waals surface area contributed by atoms with E-state index in [1.165, 1.54) is 0 Å². The predicted molar refractivity (Wildman–Crippen MR) is 149 cm³/mol. The second-order valence-corrected chi connectivity index (χ2v) is 8.22. The highest BCUT2D eigenvalue weighted by molar-refractivity contribution is 5.98. The molecule has 0 heterocycles. The van der Waals surface area contributed by atoms with E-state index in [2.05, 4.69) is 15.6 Å². The molecule has 190 valence electrons. The number of amides is 2. The van der Waals surface area contributed by atoms with Gasteiger partial charge in [-0.1, -0.05) is 72.8 Å². The van der Waals surface area contributed by atoms with E-state index in [4.69, 9.17) is 16.2 Å². The first-order chi connectivity index (χ1) is 17.5. The molecule has 0 bridgehead atoms. The van der Waals surface area contributed by atoms with Crippen LogP contribution in [-0.4, -0.2) is 24.0 Å². The van der Waals surface area contributed by atoms with Crippen molar-refractivity contribution in [1.29, 1.82) is 0 Å². The van der Waals surface area contributed by atoms with Gasteiger partial charge in [0.25, 0.3) is 0 Å². The first-order valence-corrected chi connectivity index (χ1v) is 11.4. The number of halogens is 1. The van der Waals surface area contributed by atoms with Crippen molar-refractivity contribution in [2.45, 2.75) is 19.1 Å². The molecule has 0 aliphatic rings. The lowest BCUT2D eigenvalue weighted by atomic mass is 10.0. The Bertz CT molecular complexity index is 1370. The minimum atomic E-state index is -0.881. The van der Waals surface area contributed by atoms with Crippen molar-refractivity contribution in [3.63, 3.8) is 0 Å². The number of nitrogens with zero attached hydrogens (tertiary/aromatic N) is 1. The van der Waals surface area contributed by atoms with Gasteiger partial charge in [-0.05, 0) is 46.2 Å². The average molecular weight is 518 g/mol. The number of nitrogens with one attached hydrogen (secondary N) is 2. The van der Waals surface area contributed by atoms with Gasteiger partial charge in [-0.15, -0.1) is 12.4 Å². The van der Waals surface area contributed by atoms with Crippen molar-refractivity contribution < 1.29 is 14.3 Å². The van der Waals surface area contributed by atoms with Crippen LogP contribution in [0.2, 0.25) is 0 Å². The van der Waals surface area contributed by atoms with E-state index < -0.39 is 12.1 Å². The Morgan fingerprint density at radius 1 is 0.811 bits per heavy atom. The second-order valence-electron chi connectivity index (χ2n) is 8.22. The summed E-state index contributed by atoms with van der Waals surface area (Å²) in [7, 11) is 0. The molecule has 0 saturated heterocycles. The fourth-order valence-corrected chi connectivity index (χ4v) is 3.70. The number of carbonyl (C=O) groups is 2. The van der Waals surface area contributed by atoms with Crippen LogP contribution in [-0.2, 0) is 22.6 Å². The van der Waals surface area contributed by atoms with Crippen molar-refractivity contribution >= 4 is 52.5 Å². The van der Waals surface area contributed by atoms with E-state index >= 15 is 0 Å². The van der Waals surface area contributed by atoms with Crippen molar-refractivity contribution in [2.24, 2.45) is 16.5 Å². The maximum atomic E-state index is 13.2. The lowest BCUT2D eigenvalue weighted by Crippen LogP contribution is -2.45. The average Bonchev–Trinajstić information content (AvgIpc) is 2.88. The van der Waals surface area contributed by atoms with Gasteiger partial charge in [-0.3, -0.25) is 4.79 Å². The lowest BCUT2D eigenvalue weighted by Gasteiger charge is -2.19. The number of hydrogen-bond donors (Lipinski definition) is 4. The number of carbonyl (C=O) groups excluding carboxylic acids is 2. The molecule has 0 aliphatic carbocycles. The van der Waals surface area contributed by atoms with Crippen molar-refractivity contribution in [2.75, 3.05) is 5.32 Å². The van der Waals surface area contributed by atoms with Crippen LogP contribution in [0.1, 0.15) is 11.1 Å². The molecule has 9 heteroatoms. The molecule has 1 atom stereocenters. The summed E-state index contributed by atoms with van der Waals surface area (Å²) in [5.41, 5.74) is 13.7. The lowest BCUT2D eigenvalue weighted by molar-refractivity contribution is -0.118. The Hall–Kier alpha value is -4.56. The van der Waals surface area contributed by atoms with Gasteiger partial charge in [0.1, 0.15) is 12.6 Å². The summed E-state index contributed by atoms with van der Waals surface area (Å²) in [4.78, 5) is 29.8. The van der Waals surface area contributed by atoms with Gasteiger partial charge in [0.15, 0.2) is 5.96 Å². The highest BCUT2D eigenvalue weighted by atomic mass is 35.5. The van der Waals surface area contributed by atoms with E-state index in [1.54, 1.807) is 24.3 Å². The minimum Gasteiger partial charge on any atom is -0.445 e. The third-order valence-electron chi connectivity index (χ3n) is 5.47. The van der Waals surface area contributed by atoms with Crippen LogP contribution in [0.15, 0.2) is 102 Å². The number of benzene rings is 4. The van der Waals surface area contributed by atoms with Crippen LogP contribution in [0.3, 0.4) is 0 Å². The van der Waals surface area contributed by atoms with Crippen molar-refractivity contribution in [1.82, 2.24) is 5.32 Å². The molecule has 4 rings (SSSR count). The summed E-state index contributed by atoms with van der Waals surface area (Å²) in [5, 5.41) is 7.67. The summed E-state index contributed by atoms with van der Waals surface area (Å²) in [5.74, 6) is -0.409. The SMILES string of the molecule is Cl.NC(N)=Nc1ccc(C[C@H](NC(=O)OCc2ccccc2)C(=O)Nc2ccc3ccccc3c2)cc1. The third-order valence-corrected chi connectivity index (χ3v) is 5.47. The molecule has 0 unspecified atom stereocenters. The quantitative estimate of drug-likeness (QED) is 0.200. The number of ether oxygens (including phenoxy) is 1. The number of hydrogen-bond acceptors (Lipinski definition) is 4. The Kier molecular flexibility index (Phi) is 9.46. The first kappa shape index (κ1) is 27.0. The number of aliphatic imine (C=N–C) groups is 1. The van der Waals surface area contributed by atoms with E-state index in [9.17, 15) is 9.59 Å². The number of nitrogens with two attached hydrogens (primary N) is 2. The predicted octanol–water partition coefficient (Wildman–Crippen LogP) is 4.64. The zero-order valence-corrected chi connectivity index (χ0v) is 20.8. The summed E-state index contributed by atoms with van der Waals surface area (Å²) in [6, 6.07) is 29.0. The monoisotopic (exact) mass is 517 g/mol. The molecule has 4 aromatic rings. The Labute approximate surface area is 221 Å². The van der Waals surface area contributed by atoms with Crippen LogP contribution in [0.4, 0.5) is 16.2 Å². The molecule has 0 aliphatic heterocycles. The normalized spacial score (nSPS) is 11.0. The standard InChI is InChI=1S/C28H27N5O3.ClH/c29-27(30)32-23-13-10-19(11-14-23)16-25(33-28(35)36-18-20-6-2-1-3-7-20)26(34)31-24-15-12-21-8-4-5-9-22(21)17-24;/h1-15,17,25H,16,18H2,(H,31,34)(H,33,35)(H4,29,30,32);1H/t25-;/m0./s1. The molecule has 0 saturated carbocycles. The van der Waals surface area contributed by atoms with Crippen LogP contribution in [0, 0.1) is 0 Å². The van der Waals surface area contributed by atoms with Crippen LogP contribution < -0.4 is 22.1 Å². The largest absolute Gasteiger partial charge is 0.445 e. The molecule has 0 spiro atoms. The number of fused-ring (bicyclic) bond motifs is 1. The van der Waals surface area contributed by atoms with Gasteiger partial charge in [-0.2, -0.15) is 0 Å². The topological polar surface area (TPSA) is 132 Å². The highest BCUT2D eigenvalue weighted by Crippen LogP contribution is 2.20. The van der Waals surface area contributed by atoms with E-state index in [0.717, 1.165) is 21.9 Å². The molecule has 4 aromatic carbocycles. The molecule has 37 heavy (non-hydrogen) atoms. The zero-order valence-electron chi connectivity index (χ0n) is 20.0. The molecule has 0 fully saturated rings. The third kappa shape index (κ3) is 7.98. The zero-order chi connectivity index (χ0) is 25.3. The summed E-state index contributed by atoms with van der Waals surface area (Å²) in [6.07, 6.45) is -0.447. The summed E-state index contributed by atoms with van der Waals surface area (Å²) < 4.78 is 5.34. The van der Waals surface area contributed by atoms with Gasteiger partial charge in [-0.25, -0.2) is 9.79 Å². The molecule has 0 radical (unpaired) electrons.